The van der Waals surface area contributed by atoms with Crippen molar-refractivity contribution >= 4 is 33.0 Å². The first-order valence-electron chi connectivity index (χ1n) is 6.57. The first kappa shape index (κ1) is 16.4. The third-order valence-electron chi connectivity index (χ3n) is 3.00. The van der Waals surface area contributed by atoms with Crippen LogP contribution in [0.25, 0.3) is 0 Å². The molecule has 7 heteroatoms. The molecule has 0 radical (unpaired) electrons. The van der Waals surface area contributed by atoms with E-state index in [1.807, 2.05) is 13.8 Å². The van der Waals surface area contributed by atoms with Gasteiger partial charge in [0.25, 0.3) is 0 Å². The molecule has 0 atom stereocenters. The van der Waals surface area contributed by atoms with Gasteiger partial charge in [-0.05, 0) is 25.0 Å². The quantitative estimate of drug-likeness (QED) is 0.874. The minimum Gasteiger partial charge on any atom is -0.246 e. The third kappa shape index (κ3) is 4.51. The molecule has 2 aromatic rings. The second-order valence-electron chi connectivity index (χ2n) is 4.64. The maximum atomic E-state index is 12.1. The highest BCUT2D eigenvalue weighted by Gasteiger charge is 2.15. The van der Waals surface area contributed by atoms with Gasteiger partial charge in [0.2, 0.25) is 10.0 Å². The zero-order chi connectivity index (χ0) is 15.5. The van der Waals surface area contributed by atoms with Crippen molar-refractivity contribution < 1.29 is 8.42 Å². The van der Waals surface area contributed by atoms with Gasteiger partial charge in [-0.25, -0.2) is 18.1 Å². The molecule has 0 amide bonds. The Morgan fingerprint density at radius 2 is 2.05 bits per heavy atom. The number of thiazole rings is 1. The topological polar surface area (TPSA) is 59.1 Å². The van der Waals surface area contributed by atoms with Crippen LogP contribution in [0.4, 0.5) is 0 Å². The second-order valence-corrected chi connectivity index (χ2v) is 8.02. The number of halogens is 1. The van der Waals surface area contributed by atoms with Gasteiger partial charge >= 0.3 is 0 Å². The molecule has 0 aliphatic carbocycles. The monoisotopic (exact) mass is 344 g/mol. The van der Waals surface area contributed by atoms with Crippen LogP contribution in [0.2, 0.25) is 5.02 Å². The predicted octanol–water partition coefficient (Wildman–Crippen LogP) is 3.29. The Morgan fingerprint density at radius 1 is 1.33 bits per heavy atom. The normalized spacial score (nSPS) is 11.8. The standard InChI is InChI=1S/C14H17ClN2O2S2/c1-3-14-17-10(2)13(20-14)8-16-21(18,19)9-11-6-4-5-7-12(11)15/h4-7,16H,3,8-9H2,1-2H3. The fraction of sp³-hybridized carbons (Fsp3) is 0.357. The zero-order valence-corrected chi connectivity index (χ0v) is 14.3. The summed E-state index contributed by atoms with van der Waals surface area (Å²) in [6.45, 7) is 4.20. The molecule has 0 fully saturated rings. The number of nitrogens with one attached hydrogen (secondary N) is 1. The van der Waals surface area contributed by atoms with E-state index in [0.717, 1.165) is 22.0 Å². The molecule has 21 heavy (non-hydrogen) atoms. The molecule has 0 unspecified atom stereocenters. The predicted molar refractivity (Wildman–Crippen MR) is 87.1 cm³/mol. The maximum Gasteiger partial charge on any atom is 0.216 e. The Bertz CT molecular complexity index is 726. The summed E-state index contributed by atoms with van der Waals surface area (Å²) < 4.78 is 26.9. The molecule has 2 rings (SSSR count). The molecule has 0 bridgehead atoms. The summed E-state index contributed by atoms with van der Waals surface area (Å²) in [5, 5.41) is 1.48. The highest BCUT2D eigenvalue weighted by Crippen LogP contribution is 2.20. The van der Waals surface area contributed by atoms with Crippen molar-refractivity contribution in [2.24, 2.45) is 0 Å². The van der Waals surface area contributed by atoms with Crippen molar-refractivity contribution in [2.75, 3.05) is 0 Å². The molecular weight excluding hydrogens is 328 g/mol. The number of hydrogen-bond acceptors (Lipinski definition) is 4. The van der Waals surface area contributed by atoms with Gasteiger partial charge in [0.15, 0.2) is 0 Å². The van der Waals surface area contributed by atoms with Crippen molar-refractivity contribution in [1.29, 1.82) is 0 Å². The van der Waals surface area contributed by atoms with E-state index in [9.17, 15) is 8.42 Å². The highest BCUT2D eigenvalue weighted by molar-refractivity contribution is 7.88. The van der Waals surface area contributed by atoms with Gasteiger partial charge in [0, 0.05) is 16.4 Å². The molecule has 114 valence electrons. The zero-order valence-electron chi connectivity index (χ0n) is 11.9. The average Bonchev–Trinajstić information content (AvgIpc) is 2.80. The van der Waals surface area contributed by atoms with E-state index in [4.69, 9.17) is 11.6 Å². The van der Waals surface area contributed by atoms with E-state index in [1.54, 1.807) is 35.6 Å². The van der Waals surface area contributed by atoms with E-state index in [1.165, 1.54) is 0 Å². The Hall–Kier alpha value is -0.950. The first-order chi connectivity index (χ1) is 9.91. The number of nitrogens with zero attached hydrogens (tertiary/aromatic N) is 1. The summed E-state index contributed by atoms with van der Waals surface area (Å²) in [6.07, 6.45) is 0.859. The number of aromatic nitrogens is 1. The molecule has 0 spiro atoms. The van der Waals surface area contributed by atoms with Crippen LogP contribution in [0.3, 0.4) is 0 Å². The lowest BCUT2D eigenvalue weighted by Gasteiger charge is -2.07. The van der Waals surface area contributed by atoms with Crippen LogP contribution in [0, 0.1) is 6.92 Å². The Balaban J connectivity index is 2.04. The second kappa shape index (κ2) is 6.87. The van der Waals surface area contributed by atoms with Crippen LogP contribution >= 0.6 is 22.9 Å². The fourth-order valence-corrected chi connectivity index (χ4v) is 4.30. The number of rotatable bonds is 6. The molecule has 1 aromatic carbocycles. The SMILES string of the molecule is CCc1nc(C)c(CNS(=O)(=O)Cc2ccccc2Cl)s1. The van der Waals surface area contributed by atoms with Gasteiger partial charge in [-0.1, -0.05) is 36.7 Å². The van der Waals surface area contributed by atoms with Gasteiger partial charge in [0.05, 0.1) is 16.5 Å². The van der Waals surface area contributed by atoms with Crippen molar-refractivity contribution in [2.45, 2.75) is 32.6 Å². The van der Waals surface area contributed by atoms with Crippen LogP contribution in [0.5, 0.6) is 0 Å². The lowest BCUT2D eigenvalue weighted by atomic mass is 10.2. The summed E-state index contributed by atoms with van der Waals surface area (Å²) >= 11 is 7.54. The Kier molecular flexibility index (Phi) is 5.37. The lowest BCUT2D eigenvalue weighted by Crippen LogP contribution is -2.24. The molecule has 1 heterocycles. The summed E-state index contributed by atoms with van der Waals surface area (Å²) in [5.74, 6) is -0.120. The van der Waals surface area contributed by atoms with E-state index >= 15 is 0 Å². The van der Waals surface area contributed by atoms with Crippen LogP contribution in [0.1, 0.15) is 28.1 Å². The van der Waals surface area contributed by atoms with Gasteiger partial charge in [0.1, 0.15) is 0 Å². The molecule has 0 aliphatic heterocycles. The van der Waals surface area contributed by atoms with Crippen molar-refractivity contribution in [3.63, 3.8) is 0 Å². The van der Waals surface area contributed by atoms with E-state index in [0.29, 0.717) is 10.6 Å². The van der Waals surface area contributed by atoms with Crippen molar-refractivity contribution in [3.8, 4) is 0 Å². The minimum absolute atomic E-state index is 0.120. The van der Waals surface area contributed by atoms with Gasteiger partial charge in [-0.3, -0.25) is 0 Å². The number of benzene rings is 1. The summed E-state index contributed by atoms with van der Waals surface area (Å²) in [7, 11) is -3.43. The molecule has 1 aromatic heterocycles. The Morgan fingerprint density at radius 3 is 2.67 bits per heavy atom. The average molecular weight is 345 g/mol. The van der Waals surface area contributed by atoms with Gasteiger partial charge in [-0.15, -0.1) is 11.3 Å². The highest BCUT2D eigenvalue weighted by atomic mass is 35.5. The molecule has 1 N–H and O–H groups in total. The summed E-state index contributed by atoms with van der Waals surface area (Å²) in [6, 6.07) is 6.96. The van der Waals surface area contributed by atoms with E-state index < -0.39 is 10.0 Å². The third-order valence-corrected chi connectivity index (χ3v) is 5.94. The van der Waals surface area contributed by atoms with Crippen LogP contribution in [-0.4, -0.2) is 13.4 Å². The first-order valence-corrected chi connectivity index (χ1v) is 9.42. The molecule has 0 saturated carbocycles. The smallest absolute Gasteiger partial charge is 0.216 e. The Labute approximate surface area is 134 Å². The van der Waals surface area contributed by atoms with Gasteiger partial charge in [-0.2, -0.15) is 0 Å². The summed E-state index contributed by atoms with van der Waals surface area (Å²) in [5.41, 5.74) is 1.49. The maximum absolute atomic E-state index is 12.1. The summed E-state index contributed by atoms with van der Waals surface area (Å²) in [4.78, 5) is 5.34. The lowest BCUT2D eigenvalue weighted by molar-refractivity contribution is 0.581. The molecule has 0 aliphatic rings. The van der Waals surface area contributed by atoms with Crippen molar-refractivity contribution in [3.05, 3.63) is 50.4 Å². The number of aryl methyl sites for hydroxylation is 2. The van der Waals surface area contributed by atoms with Crippen LogP contribution in [-0.2, 0) is 28.7 Å². The van der Waals surface area contributed by atoms with Crippen LogP contribution in [0.15, 0.2) is 24.3 Å². The van der Waals surface area contributed by atoms with E-state index in [2.05, 4.69) is 9.71 Å². The van der Waals surface area contributed by atoms with Gasteiger partial charge < -0.3 is 0 Å². The molecule has 4 nitrogen and oxygen atoms in total. The van der Waals surface area contributed by atoms with Crippen molar-refractivity contribution in [1.82, 2.24) is 9.71 Å². The van der Waals surface area contributed by atoms with Crippen LogP contribution < -0.4 is 4.72 Å². The number of hydrogen-bond donors (Lipinski definition) is 1. The fourth-order valence-electron chi connectivity index (χ4n) is 1.85. The molecule has 0 saturated heterocycles. The molecular formula is C14H17ClN2O2S2. The minimum atomic E-state index is -3.43. The largest absolute Gasteiger partial charge is 0.246 e. The number of sulfonamides is 1. The van der Waals surface area contributed by atoms with E-state index in [-0.39, 0.29) is 12.3 Å².